The van der Waals surface area contributed by atoms with Gasteiger partial charge in [-0.15, -0.1) is 0 Å². The number of carbonyl (C=O) groups excluding carboxylic acids is 2. The molecule has 0 radical (unpaired) electrons. The van der Waals surface area contributed by atoms with Crippen molar-refractivity contribution in [1.29, 1.82) is 0 Å². The van der Waals surface area contributed by atoms with Crippen molar-refractivity contribution in [3.05, 3.63) is 35.4 Å². The lowest BCUT2D eigenvalue weighted by atomic mass is 9.85. The van der Waals surface area contributed by atoms with E-state index in [4.69, 9.17) is 5.73 Å². The van der Waals surface area contributed by atoms with E-state index in [1.165, 1.54) is 0 Å². The Kier molecular flexibility index (Phi) is 4.90. The zero-order valence-electron chi connectivity index (χ0n) is 14.5. The Labute approximate surface area is 143 Å². The lowest BCUT2D eigenvalue weighted by Gasteiger charge is -2.44. The highest BCUT2D eigenvalue weighted by Gasteiger charge is 2.52. The largest absolute Gasteiger partial charge is 0.341 e. The number of benzene rings is 1. The zero-order valence-corrected chi connectivity index (χ0v) is 14.5. The first-order chi connectivity index (χ1) is 11.6. The molecule has 2 heterocycles. The van der Waals surface area contributed by atoms with Crippen LogP contribution in [0.4, 0.5) is 0 Å². The van der Waals surface area contributed by atoms with Crippen LogP contribution in [0.3, 0.4) is 0 Å². The summed E-state index contributed by atoms with van der Waals surface area (Å²) in [6.45, 7) is 4.83. The second-order valence-corrected chi connectivity index (χ2v) is 6.89. The standard InChI is InChI=1S/C19H27N3O2/c1-2-11-21-12-3-9-19(18(21)24)10-4-13-22(19)17(23)16-7-5-15(14-20)6-8-16/h5-8H,2-4,9-14,20H2,1H3. The monoisotopic (exact) mass is 329 g/mol. The molecule has 1 spiro atoms. The van der Waals surface area contributed by atoms with Gasteiger partial charge in [0.15, 0.2) is 0 Å². The molecule has 5 nitrogen and oxygen atoms in total. The van der Waals surface area contributed by atoms with Gasteiger partial charge < -0.3 is 15.5 Å². The highest BCUT2D eigenvalue weighted by molar-refractivity contribution is 6.00. The molecule has 2 N–H and O–H groups in total. The fraction of sp³-hybridized carbons (Fsp3) is 0.579. The molecule has 1 unspecified atom stereocenters. The first kappa shape index (κ1) is 17.0. The van der Waals surface area contributed by atoms with Crippen LogP contribution in [0.1, 0.15) is 54.9 Å². The molecule has 0 aromatic heterocycles. The third-order valence-corrected chi connectivity index (χ3v) is 5.37. The van der Waals surface area contributed by atoms with Crippen LogP contribution in [0.25, 0.3) is 0 Å². The number of nitrogens with zero attached hydrogens (tertiary/aromatic N) is 2. The van der Waals surface area contributed by atoms with E-state index in [0.29, 0.717) is 18.7 Å². The Morgan fingerprint density at radius 3 is 2.46 bits per heavy atom. The fourth-order valence-electron chi connectivity index (χ4n) is 4.14. The van der Waals surface area contributed by atoms with Crippen molar-refractivity contribution in [3.8, 4) is 0 Å². The first-order valence-corrected chi connectivity index (χ1v) is 9.03. The predicted molar refractivity (Wildman–Crippen MR) is 93.4 cm³/mol. The molecule has 2 fully saturated rings. The minimum Gasteiger partial charge on any atom is -0.341 e. The molecule has 2 aliphatic heterocycles. The molecule has 3 rings (SSSR count). The van der Waals surface area contributed by atoms with Gasteiger partial charge in [0, 0.05) is 31.7 Å². The van der Waals surface area contributed by atoms with E-state index >= 15 is 0 Å². The first-order valence-electron chi connectivity index (χ1n) is 9.03. The number of amides is 2. The van der Waals surface area contributed by atoms with Crippen LogP contribution in [0.2, 0.25) is 0 Å². The smallest absolute Gasteiger partial charge is 0.254 e. The summed E-state index contributed by atoms with van der Waals surface area (Å²) < 4.78 is 0. The average Bonchev–Trinajstić information content (AvgIpc) is 3.03. The Bertz CT molecular complexity index is 612. The molecule has 1 aromatic carbocycles. The molecule has 130 valence electrons. The van der Waals surface area contributed by atoms with E-state index in [1.54, 1.807) is 0 Å². The predicted octanol–water partition coefficient (Wildman–Crippen LogP) is 2.15. The molecule has 2 saturated heterocycles. The van der Waals surface area contributed by atoms with Gasteiger partial charge >= 0.3 is 0 Å². The van der Waals surface area contributed by atoms with Gasteiger partial charge in [0.2, 0.25) is 5.91 Å². The number of hydrogen-bond donors (Lipinski definition) is 1. The van der Waals surface area contributed by atoms with Gasteiger partial charge in [-0.2, -0.15) is 0 Å². The Hall–Kier alpha value is -1.88. The van der Waals surface area contributed by atoms with Crippen LogP contribution >= 0.6 is 0 Å². The van der Waals surface area contributed by atoms with Crippen molar-refractivity contribution >= 4 is 11.8 Å². The molecule has 0 saturated carbocycles. The lowest BCUT2D eigenvalue weighted by molar-refractivity contribution is -0.145. The number of likely N-dealkylation sites (tertiary alicyclic amines) is 2. The molecule has 24 heavy (non-hydrogen) atoms. The highest BCUT2D eigenvalue weighted by atomic mass is 16.2. The lowest BCUT2D eigenvalue weighted by Crippen LogP contribution is -2.61. The van der Waals surface area contributed by atoms with Crippen molar-refractivity contribution < 1.29 is 9.59 Å². The van der Waals surface area contributed by atoms with Crippen molar-refractivity contribution in [2.45, 2.75) is 51.1 Å². The number of hydrogen-bond acceptors (Lipinski definition) is 3. The number of nitrogens with two attached hydrogens (primary N) is 1. The van der Waals surface area contributed by atoms with Crippen LogP contribution in [0.15, 0.2) is 24.3 Å². The topological polar surface area (TPSA) is 66.6 Å². The summed E-state index contributed by atoms with van der Waals surface area (Å²) in [6, 6.07) is 7.44. The van der Waals surface area contributed by atoms with Gasteiger partial charge in [-0.1, -0.05) is 19.1 Å². The van der Waals surface area contributed by atoms with Gasteiger partial charge in [-0.05, 0) is 49.8 Å². The Morgan fingerprint density at radius 2 is 1.83 bits per heavy atom. The maximum atomic E-state index is 13.1. The van der Waals surface area contributed by atoms with Crippen molar-refractivity contribution in [3.63, 3.8) is 0 Å². The van der Waals surface area contributed by atoms with Gasteiger partial charge in [0.1, 0.15) is 5.54 Å². The molecular weight excluding hydrogens is 302 g/mol. The van der Waals surface area contributed by atoms with Crippen LogP contribution in [-0.4, -0.2) is 46.8 Å². The maximum Gasteiger partial charge on any atom is 0.254 e. The van der Waals surface area contributed by atoms with Crippen LogP contribution in [0, 0.1) is 0 Å². The molecule has 2 aliphatic rings. The fourth-order valence-corrected chi connectivity index (χ4v) is 4.14. The van der Waals surface area contributed by atoms with Gasteiger partial charge in [-0.25, -0.2) is 0 Å². The summed E-state index contributed by atoms with van der Waals surface area (Å²) in [7, 11) is 0. The zero-order chi connectivity index (χ0) is 17.2. The summed E-state index contributed by atoms with van der Waals surface area (Å²) in [5.74, 6) is 0.128. The number of carbonyl (C=O) groups is 2. The molecule has 1 atom stereocenters. The van der Waals surface area contributed by atoms with E-state index in [-0.39, 0.29) is 11.8 Å². The van der Waals surface area contributed by atoms with E-state index in [9.17, 15) is 9.59 Å². The van der Waals surface area contributed by atoms with Crippen molar-refractivity contribution in [1.82, 2.24) is 9.80 Å². The molecule has 2 amide bonds. The summed E-state index contributed by atoms with van der Waals surface area (Å²) in [4.78, 5) is 29.9. The third kappa shape index (κ3) is 2.81. The summed E-state index contributed by atoms with van der Waals surface area (Å²) in [6.07, 6.45) is 4.41. The molecule has 0 aliphatic carbocycles. The molecular formula is C19H27N3O2. The van der Waals surface area contributed by atoms with E-state index in [0.717, 1.165) is 50.8 Å². The highest BCUT2D eigenvalue weighted by Crippen LogP contribution is 2.39. The second kappa shape index (κ2) is 6.93. The minimum atomic E-state index is -0.614. The van der Waals surface area contributed by atoms with Gasteiger partial charge in [-0.3, -0.25) is 9.59 Å². The van der Waals surface area contributed by atoms with Crippen LogP contribution in [0.5, 0.6) is 0 Å². The number of piperidine rings is 1. The van der Waals surface area contributed by atoms with Crippen molar-refractivity contribution in [2.75, 3.05) is 19.6 Å². The Morgan fingerprint density at radius 1 is 1.17 bits per heavy atom. The molecule has 5 heteroatoms. The molecule has 1 aromatic rings. The average molecular weight is 329 g/mol. The van der Waals surface area contributed by atoms with E-state index in [1.807, 2.05) is 34.1 Å². The normalized spacial score (nSPS) is 24.0. The van der Waals surface area contributed by atoms with E-state index < -0.39 is 5.54 Å². The van der Waals surface area contributed by atoms with Crippen LogP contribution in [-0.2, 0) is 11.3 Å². The second-order valence-electron chi connectivity index (χ2n) is 6.89. The van der Waals surface area contributed by atoms with Crippen molar-refractivity contribution in [2.24, 2.45) is 5.73 Å². The number of rotatable bonds is 4. The SMILES string of the molecule is CCCN1CCCC2(CCCN2C(=O)c2ccc(CN)cc2)C1=O. The summed E-state index contributed by atoms with van der Waals surface area (Å²) in [5.41, 5.74) is 6.66. The van der Waals surface area contributed by atoms with Gasteiger partial charge in [0.25, 0.3) is 5.91 Å². The van der Waals surface area contributed by atoms with Crippen LogP contribution < -0.4 is 5.73 Å². The minimum absolute atomic E-state index is 0.0252. The summed E-state index contributed by atoms with van der Waals surface area (Å²) in [5, 5.41) is 0. The van der Waals surface area contributed by atoms with E-state index in [2.05, 4.69) is 6.92 Å². The molecule has 0 bridgehead atoms. The Balaban J connectivity index is 1.86. The summed E-state index contributed by atoms with van der Waals surface area (Å²) >= 11 is 0. The quantitative estimate of drug-likeness (QED) is 0.920. The van der Waals surface area contributed by atoms with Gasteiger partial charge in [0.05, 0.1) is 0 Å². The maximum absolute atomic E-state index is 13.1. The third-order valence-electron chi connectivity index (χ3n) is 5.37.